The van der Waals surface area contributed by atoms with E-state index in [4.69, 9.17) is 0 Å². The second kappa shape index (κ2) is 13.5. The molecular weight excluding hydrogens is 489 g/mol. The zero-order valence-electron chi connectivity index (χ0n) is 23.3. The molecule has 0 radical (unpaired) electrons. The minimum absolute atomic E-state index is 0.0331. The normalized spacial score (nSPS) is 15.2. The van der Waals surface area contributed by atoms with Crippen molar-refractivity contribution in [1.82, 2.24) is 10.2 Å². The lowest BCUT2D eigenvalue weighted by Gasteiger charge is -2.33. The molecule has 1 saturated heterocycles. The van der Waals surface area contributed by atoms with Gasteiger partial charge in [0.25, 0.3) is 0 Å². The molecule has 1 atom stereocenters. The van der Waals surface area contributed by atoms with Crippen molar-refractivity contribution in [3.8, 4) is 0 Å². The van der Waals surface area contributed by atoms with Gasteiger partial charge in [-0.2, -0.15) is 0 Å². The minimum atomic E-state index is -0.300. The van der Waals surface area contributed by atoms with Gasteiger partial charge < -0.3 is 15.1 Å². The lowest BCUT2D eigenvalue weighted by molar-refractivity contribution is -0.122. The molecule has 3 aromatic rings. The highest BCUT2D eigenvalue weighted by Crippen LogP contribution is 2.31. The third kappa shape index (κ3) is 7.99. The van der Waals surface area contributed by atoms with Crippen LogP contribution in [-0.4, -0.2) is 43.4 Å². The predicted octanol–water partition coefficient (Wildman–Crippen LogP) is 6.11. The summed E-state index contributed by atoms with van der Waals surface area (Å²) in [4.78, 5) is 29.5. The summed E-state index contributed by atoms with van der Waals surface area (Å²) < 4.78 is 13.2. The fraction of sp³-hybridized carbons (Fsp3) is 0.394. The second-order valence-corrected chi connectivity index (χ2v) is 10.9. The van der Waals surface area contributed by atoms with Crippen molar-refractivity contribution in [3.63, 3.8) is 0 Å². The second-order valence-electron chi connectivity index (χ2n) is 10.9. The van der Waals surface area contributed by atoms with Gasteiger partial charge in [0.1, 0.15) is 5.82 Å². The summed E-state index contributed by atoms with van der Waals surface area (Å²) in [7, 11) is 1.85. The Balaban J connectivity index is 1.32. The Morgan fingerprint density at radius 2 is 1.67 bits per heavy atom. The first-order chi connectivity index (χ1) is 18.8. The first-order valence-electron chi connectivity index (χ1n) is 14.0. The van der Waals surface area contributed by atoms with Crippen LogP contribution in [0.2, 0.25) is 0 Å². The van der Waals surface area contributed by atoms with E-state index in [0.29, 0.717) is 5.92 Å². The SMILES string of the molecule is CC(C)C(=O)N(C)c1cccc(C2CCN(CCC(NC(=O)Cc3ccc(F)cc3)c3ccccc3)CC2)c1. The van der Waals surface area contributed by atoms with Crippen LogP contribution >= 0.6 is 0 Å². The van der Waals surface area contributed by atoms with Crippen LogP contribution in [-0.2, 0) is 16.0 Å². The number of carbonyl (C=O) groups is 2. The Labute approximate surface area is 232 Å². The van der Waals surface area contributed by atoms with Crippen LogP contribution in [0, 0.1) is 11.7 Å². The monoisotopic (exact) mass is 529 g/mol. The molecule has 0 spiro atoms. The van der Waals surface area contributed by atoms with Crippen LogP contribution < -0.4 is 10.2 Å². The average Bonchev–Trinajstić information content (AvgIpc) is 2.96. The number of hydrogen-bond acceptors (Lipinski definition) is 3. The van der Waals surface area contributed by atoms with E-state index in [9.17, 15) is 14.0 Å². The summed E-state index contributed by atoms with van der Waals surface area (Å²) >= 11 is 0. The van der Waals surface area contributed by atoms with Crippen molar-refractivity contribution in [2.75, 3.05) is 31.6 Å². The van der Waals surface area contributed by atoms with Gasteiger partial charge in [0, 0.05) is 25.2 Å². The topological polar surface area (TPSA) is 52.7 Å². The third-order valence-corrected chi connectivity index (χ3v) is 7.69. The number of nitrogens with zero attached hydrogens (tertiary/aromatic N) is 2. The maximum Gasteiger partial charge on any atom is 0.229 e. The number of halogens is 1. The highest BCUT2D eigenvalue weighted by molar-refractivity contribution is 5.94. The third-order valence-electron chi connectivity index (χ3n) is 7.69. The zero-order valence-corrected chi connectivity index (χ0v) is 23.3. The molecule has 5 nitrogen and oxygen atoms in total. The van der Waals surface area contributed by atoms with Crippen molar-refractivity contribution in [3.05, 3.63) is 101 Å². The van der Waals surface area contributed by atoms with Crippen molar-refractivity contribution < 1.29 is 14.0 Å². The molecule has 0 aromatic heterocycles. The minimum Gasteiger partial charge on any atom is -0.349 e. The number of hydrogen-bond donors (Lipinski definition) is 1. The van der Waals surface area contributed by atoms with Gasteiger partial charge in [-0.05, 0) is 79.2 Å². The Morgan fingerprint density at radius 3 is 2.33 bits per heavy atom. The van der Waals surface area contributed by atoms with Gasteiger partial charge in [0.15, 0.2) is 0 Å². The van der Waals surface area contributed by atoms with Crippen LogP contribution in [0.15, 0.2) is 78.9 Å². The highest BCUT2D eigenvalue weighted by atomic mass is 19.1. The highest BCUT2D eigenvalue weighted by Gasteiger charge is 2.23. The molecule has 1 unspecified atom stereocenters. The lowest BCUT2D eigenvalue weighted by atomic mass is 9.89. The molecule has 1 N–H and O–H groups in total. The molecule has 3 aromatic carbocycles. The molecule has 6 heteroatoms. The summed E-state index contributed by atoms with van der Waals surface area (Å²) in [5.41, 5.74) is 4.14. The van der Waals surface area contributed by atoms with Gasteiger partial charge in [-0.3, -0.25) is 9.59 Å². The Morgan fingerprint density at radius 1 is 0.974 bits per heavy atom. The summed E-state index contributed by atoms with van der Waals surface area (Å²) in [6.07, 6.45) is 3.18. The van der Waals surface area contributed by atoms with E-state index in [1.54, 1.807) is 17.0 Å². The predicted molar refractivity (Wildman–Crippen MR) is 155 cm³/mol. The van der Waals surface area contributed by atoms with Crippen LogP contribution in [0.3, 0.4) is 0 Å². The van der Waals surface area contributed by atoms with Gasteiger partial charge >= 0.3 is 0 Å². The van der Waals surface area contributed by atoms with Crippen molar-refractivity contribution in [2.24, 2.45) is 5.92 Å². The fourth-order valence-corrected chi connectivity index (χ4v) is 5.34. The number of nitrogens with one attached hydrogen (secondary N) is 1. The Bertz CT molecular complexity index is 1220. The molecule has 1 heterocycles. The van der Waals surface area contributed by atoms with Gasteiger partial charge in [0.05, 0.1) is 12.5 Å². The number of anilines is 1. The van der Waals surface area contributed by atoms with Crippen LogP contribution in [0.25, 0.3) is 0 Å². The molecule has 1 aliphatic heterocycles. The molecule has 1 aliphatic rings. The van der Waals surface area contributed by atoms with Gasteiger partial charge in [-0.15, -0.1) is 0 Å². The largest absolute Gasteiger partial charge is 0.349 e. The molecule has 1 fully saturated rings. The number of piperidine rings is 1. The first-order valence-corrected chi connectivity index (χ1v) is 14.0. The molecule has 39 heavy (non-hydrogen) atoms. The lowest BCUT2D eigenvalue weighted by Crippen LogP contribution is -2.37. The number of rotatable bonds is 10. The molecule has 0 aliphatic carbocycles. The van der Waals surface area contributed by atoms with Crippen molar-refractivity contribution in [1.29, 1.82) is 0 Å². The molecule has 4 rings (SSSR count). The van der Waals surface area contributed by atoms with Gasteiger partial charge in [-0.1, -0.05) is 68.4 Å². The van der Waals surface area contributed by atoms with Crippen LogP contribution in [0.4, 0.5) is 10.1 Å². The van der Waals surface area contributed by atoms with E-state index >= 15 is 0 Å². The zero-order chi connectivity index (χ0) is 27.8. The summed E-state index contributed by atoms with van der Waals surface area (Å²) in [5, 5.41) is 3.21. The van der Waals surface area contributed by atoms with Gasteiger partial charge in [0.2, 0.25) is 11.8 Å². The maximum atomic E-state index is 13.2. The van der Waals surface area contributed by atoms with Crippen LogP contribution in [0.5, 0.6) is 0 Å². The number of benzene rings is 3. The Hall–Kier alpha value is -3.51. The number of amides is 2. The smallest absolute Gasteiger partial charge is 0.229 e. The van der Waals surface area contributed by atoms with E-state index in [1.165, 1.54) is 17.7 Å². The summed E-state index contributed by atoms with van der Waals surface area (Å²) in [6, 6.07) is 24.5. The van der Waals surface area contributed by atoms with Crippen LogP contribution in [0.1, 0.15) is 61.8 Å². The maximum absolute atomic E-state index is 13.2. The van der Waals surface area contributed by atoms with Crippen molar-refractivity contribution >= 4 is 17.5 Å². The molecular formula is C33H40FN3O2. The standard InChI is InChI=1S/C33H40FN3O2/c1-24(2)33(39)36(3)30-11-7-10-28(23-30)26-16-19-37(20-17-26)21-18-31(27-8-5-4-6-9-27)35-32(38)22-25-12-14-29(34)15-13-25/h4-15,23-24,26,31H,16-22H2,1-3H3,(H,35,38). The van der Waals surface area contributed by atoms with Crippen molar-refractivity contribution in [2.45, 2.75) is 51.5 Å². The summed E-state index contributed by atoms with van der Waals surface area (Å²) in [6.45, 7) is 6.76. The molecule has 2 amide bonds. The molecule has 0 bridgehead atoms. The van der Waals surface area contributed by atoms with Gasteiger partial charge in [-0.25, -0.2) is 4.39 Å². The summed E-state index contributed by atoms with van der Waals surface area (Å²) in [5.74, 6) is 0.208. The fourth-order valence-electron chi connectivity index (χ4n) is 5.34. The molecule has 206 valence electrons. The van der Waals surface area contributed by atoms with E-state index in [1.807, 2.05) is 45.2 Å². The van der Waals surface area contributed by atoms with E-state index in [0.717, 1.165) is 55.7 Å². The number of carbonyl (C=O) groups excluding carboxylic acids is 2. The van der Waals surface area contributed by atoms with E-state index in [2.05, 4.69) is 40.5 Å². The average molecular weight is 530 g/mol. The van der Waals surface area contributed by atoms with E-state index in [-0.39, 0.29) is 36.0 Å². The first kappa shape index (κ1) is 28.5. The van der Waals surface area contributed by atoms with E-state index < -0.39 is 0 Å². The quantitative estimate of drug-likeness (QED) is 0.345. The molecule has 0 saturated carbocycles. The Kier molecular flexibility index (Phi) is 9.88. The number of likely N-dealkylation sites (tertiary alicyclic amines) is 1.